The maximum Gasteiger partial charge on any atom is 0.0847 e. The van der Waals surface area contributed by atoms with E-state index in [-0.39, 0.29) is 0 Å². The first-order valence-electron chi connectivity index (χ1n) is 6.80. The Balaban J connectivity index is 2.11. The first-order chi connectivity index (χ1) is 9.51. The number of rotatable bonds is 5. The van der Waals surface area contributed by atoms with Crippen molar-refractivity contribution in [3.8, 4) is 0 Å². The predicted octanol–water partition coefficient (Wildman–Crippen LogP) is 4.33. The van der Waals surface area contributed by atoms with Crippen LogP contribution in [0.4, 0.5) is 0 Å². The Hall–Kier alpha value is -0.990. The number of halogens is 2. The first-order valence-corrected chi connectivity index (χ1v) is 7.72. The van der Waals surface area contributed by atoms with Gasteiger partial charge in [-0.15, -0.1) is 11.6 Å². The van der Waals surface area contributed by atoms with Crippen LogP contribution in [0.1, 0.15) is 22.5 Å². The Labute approximate surface area is 130 Å². The second-order valence-electron chi connectivity index (χ2n) is 5.38. The number of hydrogen-bond acceptors (Lipinski definition) is 1. The summed E-state index contributed by atoms with van der Waals surface area (Å²) in [5, 5.41) is 5.13. The quantitative estimate of drug-likeness (QED) is 0.752. The Morgan fingerprint density at radius 1 is 1.15 bits per heavy atom. The molecule has 1 atom stereocenters. The minimum Gasteiger partial charge on any atom is -0.271 e. The third-order valence-corrected chi connectivity index (χ3v) is 4.53. The minimum atomic E-state index is 0.367. The number of nitrogens with zero attached hydrogens (tertiary/aromatic N) is 2. The van der Waals surface area contributed by atoms with Crippen LogP contribution in [0, 0.1) is 19.8 Å². The highest BCUT2D eigenvalue weighted by molar-refractivity contribution is 6.31. The molecule has 0 aliphatic carbocycles. The number of aryl methyl sites for hydroxylation is 3. The summed E-state index contributed by atoms with van der Waals surface area (Å²) in [5.74, 6) is 0.987. The number of benzene rings is 1. The molecular formula is C16H20Cl2N2. The van der Waals surface area contributed by atoms with Crippen LogP contribution in [0.3, 0.4) is 0 Å². The standard InChI is InChI=1S/C16H20Cl2N2/c1-11-4-6-13(7-5-11)8-14(10-17)9-15-16(18)12(2)19-20(15)3/h4-7,14H,8-10H2,1-3H3. The van der Waals surface area contributed by atoms with Crippen molar-refractivity contribution in [3.63, 3.8) is 0 Å². The van der Waals surface area contributed by atoms with Gasteiger partial charge in [-0.3, -0.25) is 4.68 Å². The Morgan fingerprint density at radius 2 is 1.80 bits per heavy atom. The third kappa shape index (κ3) is 3.56. The van der Waals surface area contributed by atoms with Gasteiger partial charge in [0.1, 0.15) is 0 Å². The molecule has 108 valence electrons. The Morgan fingerprint density at radius 3 is 2.30 bits per heavy atom. The van der Waals surface area contributed by atoms with Crippen LogP contribution in [-0.2, 0) is 19.9 Å². The lowest BCUT2D eigenvalue weighted by Crippen LogP contribution is -2.13. The lowest BCUT2D eigenvalue weighted by molar-refractivity contribution is 0.551. The highest BCUT2D eigenvalue weighted by Crippen LogP contribution is 2.24. The molecule has 1 aromatic carbocycles. The fourth-order valence-electron chi connectivity index (χ4n) is 2.41. The molecule has 0 saturated heterocycles. The highest BCUT2D eigenvalue weighted by atomic mass is 35.5. The Bertz CT molecular complexity index is 573. The smallest absolute Gasteiger partial charge is 0.0847 e. The zero-order valence-corrected chi connectivity index (χ0v) is 13.7. The molecule has 4 heteroatoms. The SMILES string of the molecule is Cc1ccc(CC(CCl)Cc2c(Cl)c(C)nn2C)cc1. The summed E-state index contributed by atoms with van der Waals surface area (Å²) in [7, 11) is 1.94. The van der Waals surface area contributed by atoms with Gasteiger partial charge in [-0.05, 0) is 38.2 Å². The average molecular weight is 311 g/mol. The maximum atomic E-state index is 6.31. The van der Waals surface area contributed by atoms with E-state index >= 15 is 0 Å². The van der Waals surface area contributed by atoms with Crippen LogP contribution in [0.25, 0.3) is 0 Å². The van der Waals surface area contributed by atoms with Crippen LogP contribution < -0.4 is 0 Å². The van der Waals surface area contributed by atoms with Gasteiger partial charge in [0.15, 0.2) is 0 Å². The van der Waals surface area contributed by atoms with E-state index < -0.39 is 0 Å². The second-order valence-corrected chi connectivity index (χ2v) is 6.07. The van der Waals surface area contributed by atoms with Crippen molar-refractivity contribution in [3.05, 3.63) is 51.8 Å². The largest absolute Gasteiger partial charge is 0.271 e. The molecule has 0 N–H and O–H groups in total. The number of hydrogen-bond donors (Lipinski definition) is 0. The fourth-order valence-corrected chi connectivity index (χ4v) is 2.87. The Kier molecular flexibility index (Phi) is 5.11. The molecule has 2 aromatic rings. The third-order valence-electron chi connectivity index (χ3n) is 3.61. The van der Waals surface area contributed by atoms with Gasteiger partial charge in [0.25, 0.3) is 0 Å². The van der Waals surface area contributed by atoms with E-state index in [1.807, 2.05) is 18.7 Å². The summed E-state index contributed by atoms with van der Waals surface area (Å²) < 4.78 is 1.87. The van der Waals surface area contributed by atoms with E-state index in [0.717, 1.165) is 29.3 Å². The zero-order chi connectivity index (χ0) is 14.7. The molecule has 2 rings (SSSR count). The molecule has 2 nitrogen and oxygen atoms in total. The number of aromatic nitrogens is 2. The molecule has 0 fully saturated rings. The molecule has 0 saturated carbocycles. The van der Waals surface area contributed by atoms with Gasteiger partial charge < -0.3 is 0 Å². The van der Waals surface area contributed by atoms with Crippen LogP contribution in [0.2, 0.25) is 5.02 Å². The van der Waals surface area contributed by atoms with Gasteiger partial charge in [-0.2, -0.15) is 5.10 Å². The van der Waals surface area contributed by atoms with Crippen LogP contribution in [-0.4, -0.2) is 15.7 Å². The zero-order valence-electron chi connectivity index (χ0n) is 12.2. The van der Waals surface area contributed by atoms with Gasteiger partial charge >= 0.3 is 0 Å². The summed E-state index contributed by atoms with van der Waals surface area (Å²) >= 11 is 12.4. The fraction of sp³-hybridized carbons (Fsp3) is 0.438. The average Bonchev–Trinajstić information content (AvgIpc) is 2.66. The summed E-state index contributed by atoms with van der Waals surface area (Å²) in [6, 6.07) is 8.62. The van der Waals surface area contributed by atoms with Gasteiger partial charge in [-0.1, -0.05) is 41.4 Å². The maximum absolute atomic E-state index is 6.31. The molecule has 0 spiro atoms. The molecule has 1 aromatic heterocycles. The molecular weight excluding hydrogens is 291 g/mol. The summed E-state index contributed by atoms with van der Waals surface area (Å²) in [5.41, 5.74) is 4.55. The number of alkyl halides is 1. The van der Waals surface area contributed by atoms with Crippen molar-refractivity contribution in [2.45, 2.75) is 26.7 Å². The van der Waals surface area contributed by atoms with Crippen LogP contribution >= 0.6 is 23.2 Å². The molecule has 1 unspecified atom stereocenters. The topological polar surface area (TPSA) is 17.8 Å². The van der Waals surface area contributed by atoms with E-state index in [0.29, 0.717) is 11.8 Å². The van der Waals surface area contributed by atoms with Gasteiger partial charge in [0.05, 0.1) is 16.4 Å². The molecule has 0 aliphatic rings. The van der Waals surface area contributed by atoms with E-state index in [9.17, 15) is 0 Å². The first kappa shape index (κ1) is 15.4. The molecule has 1 heterocycles. The molecule has 0 bridgehead atoms. The van der Waals surface area contributed by atoms with Crippen molar-refractivity contribution in [1.29, 1.82) is 0 Å². The van der Waals surface area contributed by atoms with Gasteiger partial charge in [-0.25, -0.2) is 0 Å². The lowest BCUT2D eigenvalue weighted by atomic mass is 9.96. The van der Waals surface area contributed by atoms with E-state index in [1.54, 1.807) is 0 Å². The summed E-state index contributed by atoms with van der Waals surface area (Å²) in [6.45, 7) is 4.03. The van der Waals surface area contributed by atoms with E-state index in [1.165, 1.54) is 11.1 Å². The lowest BCUT2D eigenvalue weighted by Gasteiger charge is -2.14. The van der Waals surface area contributed by atoms with Gasteiger partial charge in [0, 0.05) is 12.9 Å². The van der Waals surface area contributed by atoms with Crippen molar-refractivity contribution in [2.75, 3.05) is 5.88 Å². The highest BCUT2D eigenvalue weighted by Gasteiger charge is 2.17. The molecule has 0 aliphatic heterocycles. The minimum absolute atomic E-state index is 0.367. The van der Waals surface area contributed by atoms with Crippen molar-refractivity contribution >= 4 is 23.2 Å². The van der Waals surface area contributed by atoms with Crippen molar-refractivity contribution in [1.82, 2.24) is 9.78 Å². The van der Waals surface area contributed by atoms with Crippen molar-refractivity contribution < 1.29 is 0 Å². The predicted molar refractivity (Wildman–Crippen MR) is 85.8 cm³/mol. The molecule has 20 heavy (non-hydrogen) atoms. The monoisotopic (exact) mass is 310 g/mol. The summed E-state index contributed by atoms with van der Waals surface area (Å²) in [4.78, 5) is 0. The van der Waals surface area contributed by atoms with Crippen molar-refractivity contribution in [2.24, 2.45) is 13.0 Å². The normalized spacial score (nSPS) is 12.7. The molecule has 0 radical (unpaired) electrons. The summed E-state index contributed by atoms with van der Waals surface area (Å²) in [6.07, 6.45) is 1.82. The molecule has 0 amide bonds. The van der Waals surface area contributed by atoms with E-state index in [2.05, 4.69) is 36.3 Å². The van der Waals surface area contributed by atoms with Gasteiger partial charge in [0.2, 0.25) is 0 Å². The van der Waals surface area contributed by atoms with Crippen LogP contribution in [0.5, 0.6) is 0 Å². The van der Waals surface area contributed by atoms with E-state index in [4.69, 9.17) is 23.2 Å². The van der Waals surface area contributed by atoms with Crippen LogP contribution in [0.15, 0.2) is 24.3 Å². The second kappa shape index (κ2) is 6.64.